The van der Waals surface area contributed by atoms with E-state index in [9.17, 15) is 0 Å². The summed E-state index contributed by atoms with van der Waals surface area (Å²) >= 11 is 0. The lowest BCUT2D eigenvalue weighted by molar-refractivity contribution is 0.0956. The van der Waals surface area contributed by atoms with Gasteiger partial charge >= 0.3 is 0 Å². The molecule has 1 saturated heterocycles. The highest BCUT2D eigenvalue weighted by atomic mass is 35.5. The zero-order valence-corrected chi connectivity index (χ0v) is 13.4. The first-order chi connectivity index (χ1) is 7.90. The lowest BCUT2D eigenvalue weighted by atomic mass is 9.75. The number of hydrogen-bond donors (Lipinski definition) is 1. The molecule has 1 heterocycles. The summed E-state index contributed by atoms with van der Waals surface area (Å²) in [4.78, 5) is 2.64. The zero-order valence-electron chi connectivity index (χ0n) is 12.6. The first-order valence-corrected chi connectivity index (χ1v) is 7.31. The van der Waals surface area contributed by atoms with Crippen molar-refractivity contribution >= 4 is 12.4 Å². The fourth-order valence-corrected chi connectivity index (χ4v) is 3.56. The number of nitrogens with one attached hydrogen (secondary N) is 1. The third-order valence-corrected chi connectivity index (χ3v) is 5.02. The van der Waals surface area contributed by atoms with Crippen molar-refractivity contribution in [1.82, 2.24) is 10.2 Å². The van der Waals surface area contributed by atoms with E-state index in [0.717, 1.165) is 6.04 Å². The summed E-state index contributed by atoms with van der Waals surface area (Å²) in [6.45, 7) is 11.0. The summed E-state index contributed by atoms with van der Waals surface area (Å²) in [5.41, 5.74) is 1.11. The van der Waals surface area contributed by atoms with E-state index in [4.69, 9.17) is 0 Å². The standard InChI is InChI=1S/C15H30N2.ClH/c1-14(2)7-5-13(6-8-14)17(4)12-15(3)9-10-16-11-15;/h13,16H,5-12H2,1-4H3;1H. The van der Waals surface area contributed by atoms with Gasteiger partial charge in [-0.1, -0.05) is 20.8 Å². The maximum atomic E-state index is 3.51. The number of hydrogen-bond acceptors (Lipinski definition) is 2. The predicted octanol–water partition coefficient (Wildman–Crippen LogP) is 3.31. The third-order valence-electron chi connectivity index (χ3n) is 5.02. The molecule has 0 aromatic carbocycles. The molecule has 0 spiro atoms. The molecule has 1 aliphatic carbocycles. The van der Waals surface area contributed by atoms with Crippen molar-refractivity contribution in [2.45, 2.75) is 58.9 Å². The van der Waals surface area contributed by atoms with E-state index >= 15 is 0 Å². The van der Waals surface area contributed by atoms with Gasteiger partial charge in [0.05, 0.1) is 0 Å². The van der Waals surface area contributed by atoms with Crippen molar-refractivity contribution in [1.29, 1.82) is 0 Å². The number of halogens is 1. The Labute approximate surface area is 119 Å². The van der Waals surface area contributed by atoms with Crippen LogP contribution in [0, 0.1) is 10.8 Å². The molecule has 2 nitrogen and oxygen atoms in total. The highest BCUT2D eigenvalue weighted by Gasteiger charge is 2.34. The second-order valence-electron chi connectivity index (χ2n) is 7.55. The van der Waals surface area contributed by atoms with Gasteiger partial charge in [0.2, 0.25) is 0 Å². The maximum Gasteiger partial charge on any atom is 0.00928 e. The molecular formula is C15H31ClN2. The van der Waals surface area contributed by atoms with E-state index in [1.807, 2.05) is 0 Å². The fraction of sp³-hybridized carbons (Fsp3) is 1.00. The van der Waals surface area contributed by atoms with Crippen molar-refractivity contribution in [2.75, 3.05) is 26.7 Å². The van der Waals surface area contributed by atoms with Crippen LogP contribution in [0.3, 0.4) is 0 Å². The lowest BCUT2D eigenvalue weighted by Crippen LogP contribution is -2.43. The van der Waals surface area contributed by atoms with Crippen molar-refractivity contribution in [3.8, 4) is 0 Å². The van der Waals surface area contributed by atoms with Crippen molar-refractivity contribution < 1.29 is 0 Å². The molecule has 1 aliphatic heterocycles. The van der Waals surface area contributed by atoms with Crippen LogP contribution < -0.4 is 5.32 Å². The Bertz CT molecular complexity index is 249. The molecule has 0 aromatic heterocycles. The minimum absolute atomic E-state index is 0. The van der Waals surface area contributed by atoms with Gasteiger partial charge in [0.15, 0.2) is 0 Å². The Morgan fingerprint density at radius 1 is 1.11 bits per heavy atom. The summed E-state index contributed by atoms with van der Waals surface area (Å²) < 4.78 is 0. The van der Waals surface area contributed by atoms with Crippen LogP contribution in [0.4, 0.5) is 0 Å². The van der Waals surface area contributed by atoms with Crippen LogP contribution in [-0.4, -0.2) is 37.6 Å². The number of nitrogens with zero attached hydrogens (tertiary/aromatic N) is 1. The van der Waals surface area contributed by atoms with Gasteiger partial charge in [0.1, 0.15) is 0 Å². The van der Waals surface area contributed by atoms with Crippen LogP contribution in [-0.2, 0) is 0 Å². The highest BCUT2D eigenvalue weighted by Crippen LogP contribution is 2.37. The maximum absolute atomic E-state index is 3.51. The van der Waals surface area contributed by atoms with Gasteiger partial charge in [0.25, 0.3) is 0 Å². The molecule has 1 N–H and O–H groups in total. The Hall–Kier alpha value is 0.210. The van der Waals surface area contributed by atoms with E-state index in [1.54, 1.807) is 0 Å². The molecule has 0 amide bonds. The van der Waals surface area contributed by atoms with Crippen molar-refractivity contribution in [3.63, 3.8) is 0 Å². The van der Waals surface area contributed by atoms with E-state index in [-0.39, 0.29) is 12.4 Å². The van der Waals surface area contributed by atoms with Crippen LogP contribution in [0.1, 0.15) is 52.9 Å². The number of rotatable bonds is 3. The van der Waals surface area contributed by atoms with Gasteiger partial charge in [-0.05, 0) is 56.5 Å². The van der Waals surface area contributed by atoms with E-state index in [1.165, 1.54) is 51.7 Å². The van der Waals surface area contributed by atoms with Crippen LogP contribution in [0.2, 0.25) is 0 Å². The first kappa shape index (κ1) is 16.3. The Morgan fingerprint density at radius 3 is 2.22 bits per heavy atom. The molecular weight excluding hydrogens is 244 g/mol. The van der Waals surface area contributed by atoms with Gasteiger partial charge < -0.3 is 10.2 Å². The van der Waals surface area contributed by atoms with E-state index in [2.05, 4.69) is 38.0 Å². The Morgan fingerprint density at radius 2 is 1.72 bits per heavy atom. The second-order valence-corrected chi connectivity index (χ2v) is 7.55. The molecule has 2 fully saturated rings. The zero-order chi connectivity index (χ0) is 12.5. The average molecular weight is 275 g/mol. The molecule has 0 radical (unpaired) electrons. The highest BCUT2D eigenvalue weighted by molar-refractivity contribution is 5.85. The molecule has 1 saturated carbocycles. The SMILES string of the molecule is CN(CC1(C)CCNC1)C1CCC(C)(C)CC1.Cl. The molecule has 1 unspecified atom stereocenters. The van der Waals surface area contributed by atoms with Gasteiger partial charge in [-0.3, -0.25) is 0 Å². The van der Waals surface area contributed by atoms with Crippen molar-refractivity contribution in [2.24, 2.45) is 10.8 Å². The first-order valence-electron chi connectivity index (χ1n) is 7.31. The van der Waals surface area contributed by atoms with Crippen molar-refractivity contribution in [3.05, 3.63) is 0 Å². The molecule has 0 bridgehead atoms. The molecule has 1 atom stereocenters. The molecule has 3 heteroatoms. The van der Waals surface area contributed by atoms with E-state index < -0.39 is 0 Å². The molecule has 0 aromatic rings. The van der Waals surface area contributed by atoms with Gasteiger partial charge in [-0.15, -0.1) is 12.4 Å². The quantitative estimate of drug-likeness (QED) is 0.849. The second kappa shape index (κ2) is 6.11. The topological polar surface area (TPSA) is 15.3 Å². The van der Waals surface area contributed by atoms with Crippen LogP contribution in [0.5, 0.6) is 0 Å². The monoisotopic (exact) mass is 274 g/mol. The minimum Gasteiger partial charge on any atom is -0.316 e. The van der Waals surface area contributed by atoms with Gasteiger partial charge in [0, 0.05) is 19.1 Å². The largest absolute Gasteiger partial charge is 0.316 e. The summed E-state index contributed by atoms with van der Waals surface area (Å²) in [7, 11) is 2.34. The Balaban J connectivity index is 0.00000162. The van der Waals surface area contributed by atoms with Crippen LogP contribution in [0.25, 0.3) is 0 Å². The van der Waals surface area contributed by atoms with Crippen LogP contribution in [0.15, 0.2) is 0 Å². The van der Waals surface area contributed by atoms with Gasteiger partial charge in [-0.25, -0.2) is 0 Å². The lowest BCUT2D eigenvalue weighted by Gasteiger charge is -2.41. The molecule has 18 heavy (non-hydrogen) atoms. The third kappa shape index (κ3) is 4.11. The fourth-order valence-electron chi connectivity index (χ4n) is 3.56. The summed E-state index contributed by atoms with van der Waals surface area (Å²) in [5, 5.41) is 3.51. The van der Waals surface area contributed by atoms with Gasteiger partial charge in [-0.2, -0.15) is 0 Å². The molecule has 108 valence electrons. The minimum atomic E-state index is 0. The predicted molar refractivity (Wildman–Crippen MR) is 81.5 cm³/mol. The smallest absolute Gasteiger partial charge is 0.00928 e. The van der Waals surface area contributed by atoms with Crippen LogP contribution >= 0.6 is 12.4 Å². The summed E-state index contributed by atoms with van der Waals surface area (Å²) in [6.07, 6.45) is 6.93. The molecule has 2 rings (SSSR count). The summed E-state index contributed by atoms with van der Waals surface area (Å²) in [6, 6.07) is 0.834. The Kier molecular flexibility index (Phi) is 5.52. The normalized spacial score (nSPS) is 32.5. The average Bonchev–Trinajstić information content (AvgIpc) is 2.64. The van der Waals surface area contributed by atoms with E-state index in [0.29, 0.717) is 10.8 Å². The summed E-state index contributed by atoms with van der Waals surface area (Å²) in [5.74, 6) is 0. The molecule has 2 aliphatic rings.